The minimum Gasteiger partial charge on any atom is -0.492 e. The molecule has 6 heteroatoms. The van der Waals surface area contributed by atoms with Gasteiger partial charge in [0.15, 0.2) is 0 Å². The van der Waals surface area contributed by atoms with Crippen LogP contribution in [0, 0.1) is 0 Å². The zero-order valence-electron chi connectivity index (χ0n) is 11.7. The molecule has 0 bridgehead atoms. The topological polar surface area (TPSA) is 64.4 Å². The summed E-state index contributed by atoms with van der Waals surface area (Å²) in [6, 6.07) is 5.56. The number of hydrogen-bond donors (Lipinski definition) is 2. The summed E-state index contributed by atoms with van der Waals surface area (Å²) >= 11 is 6.14. The average Bonchev–Trinajstić information content (AvgIpc) is 2.88. The zero-order valence-corrected chi connectivity index (χ0v) is 13.3. The Kier molecular flexibility index (Phi) is 5.02. The maximum absolute atomic E-state index is 12.4. The van der Waals surface area contributed by atoms with Gasteiger partial charge < -0.3 is 15.8 Å². The fourth-order valence-corrected chi connectivity index (χ4v) is 3.31. The van der Waals surface area contributed by atoms with Crippen LogP contribution in [0.15, 0.2) is 18.2 Å². The van der Waals surface area contributed by atoms with Crippen molar-refractivity contribution in [1.82, 2.24) is 5.32 Å². The molecule has 2 aliphatic rings. The standard InChI is InChI=1S/C15H19ClN2O2.ClH/c16-11-5-3-4-10-12(6-9-20-13(10)11)18-14(19)15(17)7-1-2-8-15;/h3-5,12H,1-2,6-9,17H2,(H,18,19);1H. The molecule has 3 N–H and O–H groups in total. The van der Waals surface area contributed by atoms with E-state index in [0.717, 1.165) is 37.7 Å². The van der Waals surface area contributed by atoms with E-state index in [-0.39, 0.29) is 24.4 Å². The highest BCUT2D eigenvalue weighted by molar-refractivity contribution is 6.32. The molecule has 1 aromatic carbocycles. The molecule has 1 fully saturated rings. The van der Waals surface area contributed by atoms with Gasteiger partial charge in [-0.05, 0) is 18.9 Å². The van der Waals surface area contributed by atoms with Crippen molar-refractivity contribution >= 4 is 29.9 Å². The Bertz CT molecular complexity index is 530. The van der Waals surface area contributed by atoms with E-state index in [1.54, 1.807) is 6.07 Å². The summed E-state index contributed by atoms with van der Waals surface area (Å²) in [5.41, 5.74) is 6.45. The predicted molar refractivity (Wildman–Crippen MR) is 85.1 cm³/mol. The van der Waals surface area contributed by atoms with Crippen molar-refractivity contribution in [2.75, 3.05) is 6.61 Å². The van der Waals surface area contributed by atoms with Gasteiger partial charge in [-0.1, -0.05) is 36.6 Å². The van der Waals surface area contributed by atoms with Crippen molar-refractivity contribution in [3.8, 4) is 5.75 Å². The van der Waals surface area contributed by atoms with Crippen molar-refractivity contribution in [3.05, 3.63) is 28.8 Å². The first-order valence-electron chi connectivity index (χ1n) is 7.11. The van der Waals surface area contributed by atoms with Gasteiger partial charge in [-0.25, -0.2) is 0 Å². The van der Waals surface area contributed by atoms with Gasteiger partial charge in [0.05, 0.1) is 23.2 Å². The number of amides is 1. The molecule has 4 nitrogen and oxygen atoms in total. The van der Waals surface area contributed by atoms with Crippen molar-refractivity contribution in [2.24, 2.45) is 5.73 Å². The van der Waals surface area contributed by atoms with Crippen molar-refractivity contribution in [2.45, 2.75) is 43.7 Å². The van der Waals surface area contributed by atoms with E-state index < -0.39 is 5.54 Å². The number of benzene rings is 1. The van der Waals surface area contributed by atoms with E-state index in [2.05, 4.69) is 5.32 Å². The van der Waals surface area contributed by atoms with Crippen LogP contribution in [0.4, 0.5) is 0 Å². The Balaban J connectivity index is 0.00000161. The number of halogens is 2. The van der Waals surface area contributed by atoms with Crippen LogP contribution in [0.3, 0.4) is 0 Å². The van der Waals surface area contributed by atoms with Crippen LogP contribution in [0.25, 0.3) is 0 Å². The predicted octanol–water partition coefficient (Wildman–Crippen LogP) is 2.97. The Hall–Kier alpha value is -0.970. The zero-order chi connectivity index (χ0) is 14.2. The highest BCUT2D eigenvalue weighted by Gasteiger charge is 2.38. The number of carbonyl (C=O) groups excluding carboxylic acids is 1. The largest absolute Gasteiger partial charge is 0.492 e. The Labute approximate surface area is 135 Å². The molecule has 0 spiro atoms. The minimum absolute atomic E-state index is 0. The lowest BCUT2D eigenvalue weighted by Gasteiger charge is -2.31. The lowest BCUT2D eigenvalue weighted by molar-refractivity contribution is -0.127. The molecule has 1 aliphatic heterocycles. The maximum Gasteiger partial charge on any atom is 0.240 e. The van der Waals surface area contributed by atoms with Gasteiger partial charge in [-0.15, -0.1) is 12.4 Å². The average molecular weight is 331 g/mol. The summed E-state index contributed by atoms with van der Waals surface area (Å²) in [4.78, 5) is 12.4. The number of hydrogen-bond acceptors (Lipinski definition) is 3. The quantitative estimate of drug-likeness (QED) is 0.876. The van der Waals surface area contributed by atoms with Crippen LogP contribution in [0.1, 0.15) is 43.7 Å². The molecule has 1 aliphatic carbocycles. The molecule has 116 valence electrons. The van der Waals surface area contributed by atoms with Gasteiger partial charge >= 0.3 is 0 Å². The van der Waals surface area contributed by atoms with Gasteiger partial charge in [0.2, 0.25) is 5.91 Å². The van der Waals surface area contributed by atoms with Crippen LogP contribution in [-0.2, 0) is 4.79 Å². The third-order valence-corrected chi connectivity index (χ3v) is 4.58. The van der Waals surface area contributed by atoms with E-state index in [9.17, 15) is 4.79 Å². The molecular weight excluding hydrogens is 311 g/mol. The molecule has 0 saturated heterocycles. The Morgan fingerprint density at radius 1 is 1.38 bits per heavy atom. The second kappa shape index (κ2) is 6.42. The van der Waals surface area contributed by atoms with Gasteiger partial charge in [0.1, 0.15) is 5.75 Å². The van der Waals surface area contributed by atoms with Crippen molar-refractivity contribution in [3.63, 3.8) is 0 Å². The molecular formula is C15H20Cl2N2O2. The Morgan fingerprint density at radius 3 is 2.81 bits per heavy atom. The van der Waals surface area contributed by atoms with E-state index in [0.29, 0.717) is 17.4 Å². The van der Waals surface area contributed by atoms with E-state index in [4.69, 9.17) is 22.1 Å². The van der Waals surface area contributed by atoms with Crippen LogP contribution in [0.5, 0.6) is 5.75 Å². The molecule has 1 aromatic rings. The number of fused-ring (bicyclic) bond motifs is 1. The molecule has 0 radical (unpaired) electrons. The number of para-hydroxylation sites is 1. The number of nitrogens with one attached hydrogen (secondary N) is 1. The van der Waals surface area contributed by atoms with Crippen molar-refractivity contribution < 1.29 is 9.53 Å². The third-order valence-electron chi connectivity index (χ3n) is 4.28. The molecule has 1 atom stereocenters. The molecule has 1 amide bonds. The first-order valence-corrected chi connectivity index (χ1v) is 7.49. The lowest BCUT2D eigenvalue weighted by atomic mass is 9.95. The van der Waals surface area contributed by atoms with E-state index in [1.165, 1.54) is 0 Å². The summed E-state index contributed by atoms with van der Waals surface area (Å²) in [7, 11) is 0. The number of ether oxygens (including phenoxy) is 1. The Morgan fingerprint density at radius 2 is 2.10 bits per heavy atom. The number of carbonyl (C=O) groups is 1. The molecule has 1 saturated carbocycles. The highest BCUT2D eigenvalue weighted by atomic mass is 35.5. The smallest absolute Gasteiger partial charge is 0.240 e. The summed E-state index contributed by atoms with van der Waals surface area (Å²) in [5.74, 6) is 0.635. The second-order valence-electron chi connectivity index (χ2n) is 5.68. The maximum atomic E-state index is 12.4. The number of rotatable bonds is 2. The van der Waals surface area contributed by atoms with Crippen LogP contribution in [-0.4, -0.2) is 18.1 Å². The van der Waals surface area contributed by atoms with Crippen LogP contribution in [0.2, 0.25) is 5.02 Å². The van der Waals surface area contributed by atoms with Gasteiger partial charge in [0.25, 0.3) is 0 Å². The monoisotopic (exact) mass is 330 g/mol. The lowest BCUT2D eigenvalue weighted by Crippen LogP contribution is -2.53. The first kappa shape index (κ1) is 16.4. The summed E-state index contributed by atoms with van der Waals surface area (Å²) < 4.78 is 5.60. The summed E-state index contributed by atoms with van der Waals surface area (Å²) in [6.07, 6.45) is 4.34. The molecule has 1 heterocycles. The van der Waals surface area contributed by atoms with E-state index >= 15 is 0 Å². The molecule has 21 heavy (non-hydrogen) atoms. The molecule has 3 rings (SSSR count). The summed E-state index contributed by atoms with van der Waals surface area (Å²) in [6.45, 7) is 0.555. The van der Waals surface area contributed by atoms with Crippen LogP contribution >= 0.6 is 24.0 Å². The number of nitrogens with two attached hydrogens (primary N) is 1. The normalized spacial score (nSPS) is 22.7. The van der Waals surface area contributed by atoms with E-state index in [1.807, 2.05) is 12.1 Å². The van der Waals surface area contributed by atoms with Gasteiger partial charge in [0, 0.05) is 12.0 Å². The van der Waals surface area contributed by atoms with Crippen LogP contribution < -0.4 is 15.8 Å². The molecule has 1 unspecified atom stereocenters. The fourth-order valence-electron chi connectivity index (χ4n) is 3.07. The molecule has 0 aromatic heterocycles. The fraction of sp³-hybridized carbons (Fsp3) is 0.533. The first-order chi connectivity index (χ1) is 9.60. The van der Waals surface area contributed by atoms with Gasteiger partial charge in [-0.3, -0.25) is 4.79 Å². The third kappa shape index (κ3) is 3.12. The highest BCUT2D eigenvalue weighted by Crippen LogP contribution is 2.38. The van der Waals surface area contributed by atoms with Crippen molar-refractivity contribution in [1.29, 1.82) is 0 Å². The minimum atomic E-state index is -0.697. The van der Waals surface area contributed by atoms with Gasteiger partial charge in [-0.2, -0.15) is 0 Å². The summed E-state index contributed by atoms with van der Waals surface area (Å²) in [5, 5.41) is 3.67. The SMILES string of the molecule is Cl.NC1(C(=O)NC2CCOc3c(Cl)cccc32)CCCC1. The second-order valence-corrected chi connectivity index (χ2v) is 6.09.